The molecule has 1 aliphatic carbocycles. The topological polar surface area (TPSA) is 60.9 Å². The molecule has 1 fully saturated rings. The Balaban J connectivity index is 1.55. The molecular formula is C28H22N2O3S2. The summed E-state index contributed by atoms with van der Waals surface area (Å²) in [5, 5.41) is 9.08. The van der Waals surface area contributed by atoms with Crippen LogP contribution in [-0.4, -0.2) is 46.8 Å². The van der Waals surface area contributed by atoms with E-state index in [1.807, 2.05) is 32.3 Å². The third-order valence-corrected chi connectivity index (χ3v) is 7.40. The first kappa shape index (κ1) is 23.1. The second-order valence-corrected chi connectivity index (χ2v) is 10.2. The lowest BCUT2D eigenvalue weighted by Crippen LogP contribution is -2.33. The second-order valence-electron chi connectivity index (χ2n) is 8.56. The smallest absolute Gasteiger partial charge is 0.323 e. The fourth-order valence-electron chi connectivity index (χ4n) is 4.32. The van der Waals surface area contributed by atoms with Crippen LogP contribution in [0.3, 0.4) is 0 Å². The van der Waals surface area contributed by atoms with Crippen molar-refractivity contribution in [2.75, 3.05) is 25.5 Å². The average molecular weight is 499 g/mol. The van der Waals surface area contributed by atoms with Crippen molar-refractivity contribution in [3.05, 3.63) is 93.9 Å². The van der Waals surface area contributed by atoms with E-state index in [4.69, 9.17) is 17.3 Å². The summed E-state index contributed by atoms with van der Waals surface area (Å²) < 4.78 is 0.263. The van der Waals surface area contributed by atoms with Gasteiger partial charge in [-0.2, -0.15) is 0 Å². The molecule has 5 nitrogen and oxygen atoms in total. The van der Waals surface area contributed by atoms with Gasteiger partial charge >= 0.3 is 5.97 Å². The lowest BCUT2D eigenvalue weighted by atomic mass is 9.99. The number of nitrogens with zero attached hydrogens (tertiary/aromatic N) is 2. The van der Waals surface area contributed by atoms with Crippen molar-refractivity contribution in [1.82, 2.24) is 4.90 Å². The van der Waals surface area contributed by atoms with Crippen LogP contribution in [0.15, 0.2) is 71.6 Å². The summed E-state index contributed by atoms with van der Waals surface area (Å²) in [5.41, 5.74) is 8.82. The molecule has 1 heterocycles. The van der Waals surface area contributed by atoms with Crippen LogP contribution >= 0.6 is 24.0 Å². The standard InChI is InChI=1S/C28H22N2O3S2/c1-29(2)19-10-7-17(8-11-19)13-23-21-6-4-3-5-20(21)22-12-9-18(14-24(22)23)15-25-27(33)30(16-26(31)32)28(34)35-25/h3-15H,16H2,1-2H3,(H,31,32)/b23-13+,25-15-. The normalized spacial score (nSPS) is 16.7. The van der Waals surface area contributed by atoms with Crippen LogP contribution < -0.4 is 4.90 Å². The van der Waals surface area contributed by atoms with Crippen LogP contribution in [0.4, 0.5) is 5.69 Å². The first-order chi connectivity index (χ1) is 16.8. The SMILES string of the molecule is CN(C)c1ccc(/C=C2\c3ccccc3-c3ccc(/C=C4\SC(=S)N(CC(=O)O)C4=O)cc32)cc1. The number of carboxylic acid groups (broad SMARTS) is 1. The highest BCUT2D eigenvalue weighted by molar-refractivity contribution is 8.26. The molecule has 2 aliphatic rings. The van der Waals surface area contributed by atoms with Crippen LogP contribution in [0, 0.1) is 0 Å². The molecule has 0 aromatic heterocycles. The Hall–Kier alpha value is -3.68. The molecule has 0 bridgehead atoms. The molecular weight excluding hydrogens is 476 g/mol. The molecule has 0 unspecified atom stereocenters. The Morgan fingerprint density at radius 2 is 1.60 bits per heavy atom. The summed E-state index contributed by atoms with van der Waals surface area (Å²) in [4.78, 5) is 27.4. The van der Waals surface area contributed by atoms with Gasteiger partial charge in [0.05, 0.1) is 4.91 Å². The molecule has 35 heavy (non-hydrogen) atoms. The summed E-state index contributed by atoms with van der Waals surface area (Å²) in [6.07, 6.45) is 3.98. The highest BCUT2D eigenvalue weighted by Crippen LogP contribution is 2.45. The lowest BCUT2D eigenvalue weighted by Gasteiger charge is -2.12. The summed E-state index contributed by atoms with van der Waals surface area (Å²) in [6, 6.07) is 22.9. The fraction of sp³-hybridized carbons (Fsp3) is 0.107. The first-order valence-corrected chi connectivity index (χ1v) is 12.2. The van der Waals surface area contributed by atoms with Crippen molar-refractivity contribution in [2.24, 2.45) is 0 Å². The van der Waals surface area contributed by atoms with E-state index < -0.39 is 12.5 Å². The van der Waals surface area contributed by atoms with E-state index in [1.54, 1.807) is 6.08 Å². The molecule has 1 amide bonds. The van der Waals surface area contributed by atoms with Gasteiger partial charge in [-0.05, 0) is 69.3 Å². The van der Waals surface area contributed by atoms with Crippen LogP contribution in [0.2, 0.25) is 0 Å². The number of rotatable bonds is 5. The Morgan fingerprint density at radius 3 is 2.29 bits per heavy atom. The molecule has 1 aliphatic heterocycles. The second kappa shape index (κ2) is 9.17. The number of fused-ring (bicyclic) bond motifs is 3. The molecule has 0 radical (unpaired) electrons. The van der Waals surface area contributed by atoms with Crippen LogP contribution in [0.25, 0.3) is 28.9 Å². The molecule has 0 saturated carbocycles. The summed E-state index contributed by atoms with van der Waals surface area (Å²) in [5.74, 6) is -1.46. The molecule has 0 atom stereocenters. The number of amides is 1. The number of hydrogen-bond donors (Lipinski definition) is 1. The Kier molecular flexibility index (Phi) is 6.05. The molecule has 1 N–H and O–H groups in total. The number of benzene rings is 3. The largest absolute Gasteiger partial charge is 0.480 e. The summed E-state index contributed by atoms with van der Waals surface area (Å²) >= 11 is 6.36. The van der Waals surface area contributed by atoms with E-state index >= 15 is 0 Å². The molecule has 174 valence electrons. The molecule has 5 rings (SSSR count). The Morgan fingerprint density at radius 1 is 0.943 bits per heavy atom. The number of thiocarbonyl (C=S) groups is 1. The molecule has 0 spiro atoms. The van der Waals surface area contributed by atoms with Crippen LogP contribution in [0.1, 0.15) is 22.3 Å². The minimum Gasteiger partial charge on any atom is -0.480 e. The number of carbonyl (C=O) groups is 2. The number of anilines is 1. The van der Waals surface area contributed by atoms with E-state index in [-0.39, 0.29) is 10.2 Å². The maximum Gasteiger partial charge on any atom is 0.323 e. The predicted molar refractivity (Wildman–Crippen MR) is 147 cm³/mol. The zero-order chi connectivity index (χ0) is 24.7. The van der Waals surface area contributed by atoms with E-state index in [1.165, 1.54) is 11.1 Å². The van der Waals surface area contributed by atoms with Gasteiger partial charge < -0.3 is 10.0 Å². The molecule has 3 aromatic rings. The third kappa shape index (κ3) is 4.40. The predicted octanol–water partition coefficient (Wildman–Crippen LogP) is 5.61. The van der Waals surface area contributed by atoms with Gasteiger partial charge in [-0.1, -0.05) is 72.5 Å². The third-order valence-electron chi connectivity index (χ3n) is 6.03. The zero-order valence-corrected chi connectivity index (χ0v) is 20.8. The first-order valence-electron chi connectivity index (χ1n) is 11.0. The van der Waals surface area contributed by atoms with Crippen molar-refractivity contribution < 1.29 is 14.7 Å². The van der Waals surface area contributed by atoms with E-state index in [0.717, 1.165) is 50.2 Å². The summed E-state index contributed by atoms with van der Waals surface area (Å²) in [6.45, 7) is -0.430. The van der Waals surface area contributed by atoms with Crippen molar-refractivity contribution in [2.45, 2.75) is 0 Å². The van der Waals surface area contributed by atoms with Crippen LogP contribution in [0.5, 0.6) is 0 Å². The van der Waals surface area contributed by atoms with E-state index in [2.05, 4.69) is 59.5 Å². The lowest BCUT2D eigenvalue weighted by molar-refractivity contribution is -0.140. The zero-order valence-electron chi connectivity index (χ0n) is 19.2. The minimum absolute atomic E-state index is 0.263. The maximum atomic E-state index is 12.7. The monoisotopic (exact) mass is 498 g/mol. The van der Waals surface area contributed by atoms with Crippen molar-refractivity contribution in [3.63, 3.8) is 0 Å². The van der Waals surface area contributed by atoms with Gasteiger partial charge in [0.15, 0.2) is 0 Å². The van der Waals surface area contributed by atoms with Crippen molar-refractivity contribution >= 4 is 63.6 Å². The highest BCUT2D eigenvalue weighted by Gasteiger charge is 2.33. The van der Waals surface area contributed by atoms with Crippen LogP contribution in [-0.2, 0) is 9.59 Å². The quantitative estimate of drug-likeness (QED) is 0.285. The van der Waals surface area contributed by atoms with Gasteiger partial charge in [-0.15, -0.1) is 0 Å². The number of hydrogen-bond acceptors (Lipinski definition) is 5. The minimum atomic E-state index is -1.09. The van der Waals surface area contributed by atoms with Crippen molar-refractivity contribution in [1.29, 1.82) is 0 Å². The van der Waals surface area contributed by atoms with E-state index in [0.29, 0.717) is 4.91 Å². The van der Waals surface area contributed by atoms with Gasteiger partial charge in [0.25, 0.3) is 5.91 Å². The number of carbonyl (C=O) groups excluding carboxylic acids is 1. The van der Waals surface area contributed by atoms with Gasteiger partial charge in [0.2, 0.25) is 0 Å². The van der Waals surface area contributed by atoms with Gasteiger partial charge in [0.1, 0.15) is 10.9 Å². The Bertz CT molecular complexity index is 1440. The molecule has 7 heteroatoms. The molecule has 3 aromatic carbocycles. The Labute approximate surface area is 213 Å². The summed E-state index contributed by atoms with van der Waals surface area (Å²) in [7, 11) is 4.04. The highest BCUT2D eigenvalue weighted by atomic mass is 32.2. The average Bonchev–Trinajstić information content (AvgIpc) is 3.28. The number of carboxylic acids is 1. The molecule has 1 saturated heterocycles. The number of aliphatic carboxylic acids is 1. The number of thioether (sulfide) groups is 1. The van der Waals surface area contributed by atoms with Gasteiger partial charge in [0, 0.05) is 19.8 Å². The van der Waals surface area contributed by atoms with E-state index in [9.17, 15) is 9.59 Å². The van der Waals surface area contributed by atoms with Crippen molar-refractivity contribution in [3.8, 4) is 11.1 Å². The fourth-order valence-corrected chi connectivity index (χ4v) is 5.58. The van der Waals surface area contributed by atoms with Gasteiger partial charge in [-0.25, -0.2) is 0 Å². The van der Waals surface area contributed by atoms with Gasteiger partial charge in [-0.3, -0.25) is 14.5 Å². The maximum absolute atomic E-state index is 12.7.